The molecule has 5 heteroatoms. The van der Waals surface area contributed by atoms with Crippen LogP contribution in [0.1, 0.15) is 30.7 Å². The zero-order valence-corrected chi connectivity index (χ0v) is 13.4. The van der Waals surface area contributed by atoms with E-state index in [1.54, 1.807) is 0 Å². The van der Waals surface area contributed by atoms with E-state index < -0.39 is 0 Å². The molecular formula is C18H25N3O2. The standard InChI is InChI=1S/C18H25N3O2/c19-16-6-5-13-10-21(11-15(13)16)18(22)20-9-12-7-8-23-17-4-2-1-3-14(12)17/h1-4,12-13,15-16H,5-11,19H2,(H,20,22). The van der Waals surface area contributed by atoms with Gasteiger partial charge in [0.2, 0.25) is 0 Å². The van der Waals surface area contributed by atoms with Crippen LogP contribution in [0.4, 0.5) is 4.79 Å². The average molecular weight is 315 g/mol. The second-order valence-corrected chi connectivity index (χ2v) is 7.13. The molecule has 4 atom stereocenters. The number of carbonyl (C=O) groups excluding carboxylic acids is 1. The highest BCUT2D eigenvalue weighted by Crippen LogP contribution is 2.37. The Morgan fingerprint density at radius 2 is 2.13 bits per heavy atom. The summed E-state index contributed by atoms with van der Waals surface area (Å²) in [6, 6.07) is 8.48. The van der Waals surface area contributed by atoms with E-state index in [-0.39, 0.29) is 12.1 Å². The second-order valence-electron chi connectivity index (χ2n) is 7.13. The van der Waals surface area contributed by atoms with Crippen LogP contribution in [-0.4, -0.2) is 43.2 Å². The predicted octanol–water partition coefficient (Wildman–Crippen LogP) is 1.93. The minimum Gasteiger partial charge on any atom is -0.493 e. The van der Waals surface area contributed by atoms with Gasteiger partial charge in [-0.15, -0.1) is 0 Å². The summed E-state index contributed by atoms with van der Waals surface area (Å²) >= 11 is 0. The fourth-order valence-corrected chi connectivity index (χ4v) is 4.42. The molecule has 2 fully saturated rings. The Bertz CT molecular complexity index is 591. The highest BCUT2D eigenvalue weighted by Gasteiger charge is 2.42. The summed E-state index contributed by atoms with van der Waals surface area (Å²) in [5.41, 5.74) is 7.36. The van der Waals surface area contributed by atoms with Gasteiger partial charge in [-0.2, -0.15) is 0 Å². The van der Waals surface area contributed by atoms with Crippen LogP contribution in [0.3, 0.4) is 0 Å². The Hall–Kier alpha value is -1.75. The van der Waals surface area contributed by atoms with Crippen molar-refractivity contribution in [3.05, 3.63) is 29.8 Å². The number of nitrogens with one attached hydrogen (secondary N) is 1. The SMILES string of the molecule is NC1CCC2CN(C(=O)NCC3CCOc4ccccc43)CC12. The fourth-order valence-electron chi connectivity index (χ4n) is 4.42. The molecule has 2 aliphatic heterocycles. The molecule has 0 bridgehead atoms. The lowest BCUT2D eigenvalue weighted by Crippen LogP contribution is -2.42. The molecule has 1 aromatic carbocycles. The first kappa shape index (κ1) is 14.8. The number of ether oxygens (including phenoxy) is 1. The van der Waals surface area contributed by atoms with Gasteiger partial charge in [0.05, 0.1) is 6.61 Å². The molecule has 4 unspecified atom stereocenters. The average Bonchev–Trinajstić information content (AvgIpc) is 3.15. The maximum atomic E-state index is 12.5. The minimum atomic E-state index is 0.0653. The molecule has 0 spiro atoms. The number of fused-ring (bicyclic) bond motifs is 2. The zero-order valence-electron chi connectivity index (χ0n) is 13.4. The Kier molecular flexibility index (Phi) is 3.89. The van der Waals surface area contributed by atoms with Gasteiger partial charge in [-0.05, 0) is 42.7 Å². The smallest absolute Gasteiger partial charge is 0.317 e. The van der Waals surface area contributed by atoms with Gasteiger partial charge < -0.3 is 20.7 Å². The number of likely N-dealkylation sites (tertiary alicyclic amines) is 1. The number of nitrogens with zero attached hydrogens (tertiary/aromatic N) is 1. The second kappa shape index (κ2) is 6.04. The normalized spacial score (nSPS) is 32.1. The number of hydrogen-bond acceptors (Lipinski definition) is 3. The molecule has 1 saturated carbocycles. The van der Waals surface area contributed by atoms with Crippen LogP contribution in [-0.2, 0) is 0 Å². The van der Waals surface area contributed by atoms with Crippen molar-refractivity contribution in [2.24, 2.45) is 17.6 Å². The maximum absolute atomic E-state index is 12.5. The summed E-state index contributed by atoms with van der Waals surface area (Å²) in [5, 5.41) is 3.13. The number of amides is 2. The monoisotopic (exact) mass is 315 g/mol. The van der Waals surface area contributed by atoms with Gasteiger partial charge in [0.15, 0.2) is 0 Å². The van der Waals surface area contributed by atoms with Crippen molar-refractivity contribution in [2.45, 2.75) is 31.2 Å². The predicted molar refractivity (Wildman–Crippen MR) is 88.5 cm³/mol. The Balaban J connectivity index is 1.34. The topological polar surface area (TPSA) is 67.6 Å². The van der Waals surface area contributed by atoms with Crippen LogP contribution >= 0.6 is 0 Å². The molecule has 2 heterocycles. The van der Waals surface area contributed by atoms with E-state index >= 15 is 0 Å². The summed E-state index contributed by atoms with van der Waals surface area (Å²) in [7, 11) is 0. The van der Waals surface area contributed by atoms with Crippen molar-refractivity contribution in [3.8, 4) is 5.75 Å². The van der Waals surface area contributed by atoms with Crippen molar-refractivity contribution in [1.82, 2.24) is 10.2 Å². The van der Waals surface area contributed by atoms with Gasteiger partial charge in [-0.3, -0.25) is 0 Å². The van der Waals surface area contributed by atoms with Crippen LogP contribution < -0.4 is 15.8 Å². The number of carbonyl (C=O) groups is 1. The Labute approximate surface area is 137 Å². The zero-order chi connectivity index (χ0) is 15.8. The number of hydrogen-bond donors (Lipinski definition) is 2. The number of rotatable bonds is 2. The van der Waals surface area contributed by atoms with E-state index in [1.165, 1.54) is 12.0 Å². The Morgan fingerprint density at radius 3 is 3.00 bits per heavy atom. The molecule has 0 radical (unpaired) electrons. The van der Waals surface area contributed by atoms with Gasteiger partial charge in [-0.1, -0.05) is 18.2 Å². The summed E-state index contributed by atoms with van der Waals surface area (Å²) in [5.74, 6) is 2.41. The molecule has 2 amide bonds. The Morgan fingerprint density at radius 1 is 1.26 bits per heavy atom. The molecule has 1 aromatic rings. The molecule has 124 valence electrons. The van der Waals surface area contributed by atoms with Crippen molar-refractivity contribution < 1.29 is 9.53 Å². The van der Waals surface area contributed by atoms with E-state index in [0.717, 1.165) is 38.3 Å². The number of nitrogens with two attached hydrogens (primary N) is 1. The van der Waals surface area contributed by atoms with Crippen LogP contribution in [0.15, 0.2) is 24.3 Å². The maximum Gasteiger partial charge on any atom is 0.317 e. The van der Waals surface area contributed by atoms with E-state index in [4.69, 9.17) is 10.5 Å². The molecule has 23 heavy (non-hydrogen) atoms. The van der Waals surface area contributed by atoms with Gasteiger partial charge >= 0.3 is 6.03 Å². The van der Waals surface area contributed by atoms with Crippen LogP contribution in [0, 0.1) is 11.8 Å². The lowest BCUT2D eigenvalue weighted by molar-refractivity contribution is 0.201. The van der Waals surface area contributed by atoms with E-state index in [0.29, 0.717) is 24.3 Å². The van der Waals surface area contributed by atoms with Crippen molar-refractivity contribution in [2.75, 3.05) is 26.2 Å². The lowest BCUT2D eigenvalue weighted by Gasteiger charge is -2.27. The van der Waals surface area contributed by atoms with Gasteiger partial charge in [0, 0.05) is 31.6 Å². The molecular weight excluding hydrogens is 290 g/mol. The van der Waals surface area contributed by atoms with Crippen LogP contribution in [0.2, 0.25) is 0 Å². The third-order valence-electron chi connectivity index (χ3n) is 5.78. The number of benzene rings is 1. The number of para-hydroxylation sites is 1. The number of urea groups is 1. The molecule has 1 aliphatic carbocycles. The summed E-state index contributed by atoms with van der Waals surface area (Å²) in [4.78, 5) is 14.4. The van der Waals surface area contributed by atoms with Gasteiger partial charge in [0.25, 0.3) is 0 Å². The van der Waals surface area contributed by atoms with Crippen molar-refractivity contribution >= 4 is 6.03 Å². The van der Waals surface area contributed by atoms with E-state index in [2.05, 4.69) is 11.4 Å². The van der Waals surface area contributed by atoms with Crippen molar-refractivity contribution in [1.29, 1.82) is 0 Å². The summed E-state index contributed by atoms with van der Waals surface area (Å²) in [6.45, 7) is 3.09. The quantitative estimate of drug-likeness (QED) is 0.876. The summed E-state index contributed by atoms with van der Waals surface area (Å²) in [6.07, 6.45) is 3.24. The van der Waals surface area contributed by atoms with E-state index in [1.807, 2.05) is 23.1 Å². The molecule has 3 N–H and O–H groups in total. The van der Waals surface area contributed by atoms with Crippen molar-refractivity contribution in [3.63, 3.8) is 0 Å². The third kappa shape index (κ3) is 2.78. The van der Waals surface area contributed by atoms with E-state index in [9.17, 15) is 4.79 Å². The largest absolute Gasteiger partial charge is 0.493 e. The van der Waals surface area contributed by atoms with Gasteiger partial charge in [-0.25, -0.2) is 4.79 Å². The third-order valence-corrected chi connectivity index (χ3v) is 5.78. The highest BCUT2D eigenvalue weighted by molar-refractivity contribution is 5.74. The molecule has 4 rings (SSSR count). The molecule has 5 nitrogen and oxygen atoms in total. The molecule has 0 aromatic heterocycles. The van der Waals surface area contributed by atoms with Crippen LogP contribution in [0.5, 0.6) is 5.75 Å². The first-order valence-electron chi connectivity index (χ1n) is 8.72. The first-order chi connectivity index (χ1) is 11.2. The summed E-state index contributed by atoms with van der Waals surface area (Å²) < 4.78 is 5.69. The van der Waals surface area contributed by atoms with Gasteiger partial charge in [0.1, 0.15) is 5.75 Å². The van der Waals surface area contributed by atoms with Crippen LogP contribution in [0.25, 0.3) is 0 Å². The fraction of sp³-hybridized carbons (Fsp3) is 0.611. The minimum absolute atomic E-state index is 0.0653. The lowest BCUT2D eigenvalue weighted by atomic mass is 9.93. The molecule has 1 saturated heterocycles. The first-order valence-corrected chi connectivity index (χ1v) is 8.72. The highest BCUT2D eigenvalue weighted by atomic mass is 16.5. The molecule has 3 aliphatic rings.